The van der Waals surface area contributed by atoms with Crippen molar-refractivity contribution in [3.05, 3.63) is 30.1 Å². The van der Waals surface area contributed by atoms with Gasteiger partial charge in [0.2, 0.25) is 0 Å². The molecule has 1 aromatic carbocycles. The molecule has 1 heterocycles. The van der Waals surface area contributed by atoms with Gasteiger partial charge in [0, 0.05) is 19.1 Å². The van der Waals surface area contributed by atoms with Gasteiger partial charge in [0.1, 0.15) is 18.2 Å². The molecule has 1 fully saturated rings. The average molecular weight is 280 g/mol. The molecule has 1 aromatic rings. The first-order chi connectivity index (χ1) is 9.79. The zero-order valence-electron chi connectivity index (χ0n) is 12.3. The monoisotopic (exact) mass is 280 g/mol. The van der Waals surface area contributed by atoms with Crippen molar-refractivity contribution >= 4 is 0 Å². The van der Waals surface area contributed by atoms with Gasteiger partial charge in [-0.3, -0.25) is 4.90 Å². The Balaban J connectivity index is 1.77. The number of hydrogen-bond acceptors (Lipinski definition) is 3. The number of piperidine rings is 1. The van der Waals surface area contributed by atoms with E-state index in [2.05, 4.69) is 17.1 Å². The molecule has 2 rings (SSSR count). The number of rotatable bonds is 7. The minimum absolute atomic E-state index is 0.224. The van der Waals surface area contributed by atoms with Gasteiger partial charge in [0.05, 0.1) is 0 Å². The Labute approximate surface area is 121 Å². The average Bonchev–Trinajstić information content (AvgIpc) is 2.49. The largest absolute Gasteiger partial charge is 0.492 e. The highest BCUT2D eigenvalue weighted by Crippen LogP contribution is 2.13. The molecule has 112 valence electrons. The molecule has 20 heavy (non-hydrogen) atoms. The molecule has 1 unspecified atom stereocenters. The summed E-state index contributed by atoms with van der Waals surface area (Å²) in [7, 11) is 0. The number of hydrogen-bond donors (Lipinski definition) is 1. The Hall–Kier alpha value is -1.13. The number of ether oxygens (including phenoxy) is 1. The number of nitrogens with one attached hydrogen (secondary N) is 1. The van der Waals surface area contributed by atoms with E-state index in [1.807, 2.05) is 0 Å². The summed E-state index contributed by atoms with van der Waals surface area (Å²) >= 11 is 0. The standard InChI is InChI=1S/C16H25FN2O/c1-2-10-19(15-4-3-9-18-13-15)11-12-20-16-7-5-14(17)6-8-16/h5-8,15,18H,2-4,9-13H2,1H3. The molecule has 1 saturated heterocycles. The predicted molar refractivity (Wildman–Crippen MR) is 79.7 cm³/mol. The predicted octanol–water partition coefficient (Wildman–Crippen LogP) is 2.67. The molecule has 1 aliphatic heterocycles. The third kappa shape index (κ3) is 4.76. The summed E-state index contributed by atoms with van der Waals surface area (Å²) in [5.74, 6) is 0.517. The maximum absolute atomic E-state index is 12.8. The molecule has 1 atom stereocenters. The van der Waals surface area contributed by atoms with Crippen molar-refractivity contribution in [1.29, 1.82) is 0 Å². The fourth-order valence-electron chi connectivity index (χ4n) is 2.72. The highest BCUT2D eigenvalue weighted by atomic mass is 19.1. The first-order valence-corrected chi connectivity index (χ1v) is 7.62. The Bertz CT molecular complexity index is 377. The maximum Gasteiger partial charge on any atom is 0.123 e. The molecule has 4 heteroatoms. The van der Waals surface area contributed by atoms with Crippen molar-refractivity contribution in [2.75, 3.05) is 32.8 Å². The molecule has 0 amide bonds. The molecule has 3 nitrogen and oxygen atoms in total. The topological polar surface area (TPSA) is 24.5 Å². The van der Waals surface area contributed by atoms with Gasteiger partial charge in [-0.05, 0) is 56.6 Å². The zero-order chi connectivity index (χ0) is 14.2. The Morgan fingerprint density at radius 2 is 2.10 bits per heavy atom. The summed E-state index contributed by atoms with van der Waals surface area (Å²) in [5.41, 5.74) is 0. The van der Waals surface area contributed by atoms with Crippen molar-refractivity contribution in [2.24, 2.45) is 0 Å². The van der Waals surface area contributed by atoms with Crippen LogP contribution < -0.4 is 10.1 Å². The van der Waals surface area contributed by atoms with Crippen molar-refractivity contribution in [1.82, 2.24) is 10.2 Å². The third-order valence-corrected chi connectivity index (χ3v) is 3.76. The molecular formula is C16H25FN2O. The maximum atomic E-state index is 12.8. The fraction of sp³-hybridized carbons (Fsp3) is 0.625. The van der Waals surface area contributed by atoms with E-state index in [1.165, 1.54) is 25.0 Å². The summed E-state index contributed by atoms with van der Waals surface area (Å²) in [5, 5.41) is 3.46. The van der Waals surface area contributed by atoms with Crippen molar-refractivity contribution < 1.29 is 9.13 Å². The molecule has 0 radical (unpaired) electrons. The SMILES string of the molecule is CCCN(CCOc1ccc(F)cc1)C1CCCNC1. The third-order valence-electron chi connectivity index (χ3n) is 3.76. The summed E-state index contributed by atoms with van der Waals surface area (Å²) < 4.78 is 18.5. The molecule has 1 aliphatic rings. The van der Waals surface area contributed by atoms with Gasteiger partial charge in [-0.2, -0.15) is 0 Å². The normalized spacial score (nSPS) is 19.2. The molecular weight excluding hydrogens is 255 g/mol. The van der Waals surface area contributed by atoms with E-state index in [4.69, 9.17) is 4.74 Å². The van der Waals surface area contributed by atoms with Gasteiger partial charge in [-0.1, -0.05) is 6.92 Å². The fourth-order valence-corrected chi connectivity index (χ4v) is 2.72. The lowest BCUT2D eigenvalue weighted by molar-refractivity contribution is 0.138. The number of halogens is 1. The summed E-state index contributed by atoms with van der Waals surface area (Å²) in [4.78, 5) is 2.51. The number of nitrogens with zero attached hydrogens (tertiary/aromatic N) is 1. The van der Waals surface area contributed by atoms with E-state index >= 15 is 0 Å². The summed E-state index contributed by atoms with van der Waals surface area (Å²) in [6.07, 6.45) is 3.68. The summed E-state index contributed by atoms with van der Waals surface area (Å²) in [6, 6.07) is 6.86. The molecule has 0 spiro atoms. The van der Waals surface area contributed by atoms with Gasteiger partial charge in [0.25, 0.3) is 0 Å². The highest BCUT2D eigenvalue weighted by molar-refractivity contribution is 5.21. The number of benzene rings is 1. The lowest BCUT2D eigenvalue weighted by atomic mass is 10.1. The van der Waals surface area contributed by atoms with Crippen LogP contribution in [0.4, 0.5) is 4.39 Å². The van der Waals surface area contributed by atoms with Crippen molar-refractivity contribution in [3.63, 3.8) is 0 Å². The minimum Gasteiger partial charge on any atom is -0.492 e. The van der Waals surface area contributed by atoms with Crippen molar-refractivity contribution in [3.8, 4) is 5.75 Å². The van der Waals surface area contributed by atoms with Crippen LogP contribution in [0.5, 0.6) is 5.75 Å². The Kier molecular flexibility index (Phi) is 6.27. The van der Waals surface area contributed by atoms with Crippen LogP contribution in [0.1, 0.15) is 26.2 Å². The summed E-state index contributed by atoms with van der Waals surface area (Å²) in [6.45, 7) is 7.13. The van der Waals surface area contributed by atoms with E-state index < -0.39 is 0 Å². The lowest BCUT2D eigenvalue weighted by Crippen LogP contribution is -2.47. The minimum atomic E-state index is -0.224. The van der Waals surface area contributed by atoms with Gasteiger partial charge >= 0.3 is 0 Å². The van der Waals surface area contributed by atoms with Crippen LogP contribution in [-0.4, -0.2) is 43.7 Å². The van der Waals surface area contributed by atoms with Crippen LogP contribution in [0.25, 0.3) is 0 Å². The second kappa shape index (κ2) is 8.22. The van der Waals surface area contributed by atoms with Gasteiger partial charge in [0.15, 0.2) is 0 Å². The van der Waals surface area contributed by atoms with Gasteiger partial charge in [-0.25, -0.2) is 4.39 Å². The Morgan fingerprint density at radius 3 is 2.75 bits per heavy atom. The van der Waals surface area contributed by atoms with E-state index in [1.54, 1.807) is 12.1 Å². The van der Waals surface area contributed by atoms with Crippen LogP contribution >= 0.6 is 0 Å². The van der Waals surface area contributed by atoms with E-state index in [0.717, 1.165) is 38.3 Å². The first kappa shape index (κ1) is 15.3. The zero-order valence-corrected chi connectivity index (χ0v) is 12.3. The van der Waals surface area contributed by atoms with Gasteiger partial charge < -0.3 is 10.1 Å². The van der Waals surface area contributed by atoms with Crippen LogP contribution in [0, 0.1) is 5.82 Å². The molecule has 0 bridgehead atoms. The highest BCUT2D eigenvalue weighted by Gasteiger charge is 2.19. The van der Waals surface area contributed by atoms with Crippen molar-refractivity contribution in [2.45, 2.75) is 32.2 Å². The Morgan fingerprint density at radius 1 is 1.30 bits per heavy atom. The molecule has 1 N–H and O–H groups in total. The second-order valence-corrected chi connectivity index (χ2v) is 5.34. The smallest absolute Gasteiger partial charge is 0.123 e. The van der Waals surface area contributed by atoms with Crippen LogP contribution in [-0.2, 0) is 0 Å². The van der Waals surface area contributed by atoms with Crippen LogP contribution in [0.15, 0.2) is 24.3 Å². The molecule has 0 saturated carbocycles. The van der Waals surface area contributed by atoms with Crippen LogP contribution in [0.2, 0.25) is 0 Å². The van der Waals surface area contributed by atoms with Crippen LogP contribution in [0.3, 0.4) is 0 Å². The first-order valence-electron chi connectivity index (χ1n) is 7.62. The quantitative estimate of drug-likeness (QED) is 0.831. The lowest BCUT2D eigenvalue weighted by Gasteiger charge is -2.34. The van der Waals surface area contributed by atoms with Gasteiger partial charge in [-0.15, -0.1) is 0 Å². The van der Waals surface area contributed by atoms with E-state index in [0.29, 0.717) is 12.6 Å². The van der Waals surface area contributed by atoms with E-state index in [9.17, 15) is 4.39 Å². The molecule has 0 aromatic heterocycles. The molecule has 0 aliphatic carbocycles. The second-order valence-electron chi connectivity index (χ2n) is 5.34. The van der Waals surface area contributed by atoms with E-state index in [-0.39, 0.29) is 5.82 Å².